The van der Waals surface area contributed by atoms with E-state index in [0.29, 0.717) is 18.5 Å². The lowest BCUT2D eigenvalue weighted by Crippen LogP contribution is -2.45. The molecule has 1 aliphatic rings. The highest BCUT2D eigenvalue weighted by Gasteiger charge is 2.36. The quantitative estimate of drug-likeness (QED) is 0.779. The number of nitrogens with one attached hydrogen (secondary N) is 1. The predicted molar refractivity (Wildman–Crippen MR) is 79.3 cm³/mol. The average molecular weight is 283 g/mol. The third kappa shape index (κ3) is 4.28. The lowest BCUT2D eigenvalue weighted by Gasteiger charge is -2.40. The molecule has 1 saturated carbocycles. The molecular formula is C15H25NO2S. The van der Waals surface area contributed by atoms with E-state index in [1.165, 1.54) is 0 Å². The lowest BCUT2D eigenvalue weighted by molar-refractivity contribution is -0.0257. The van der Waals surface area contributed by atoms with Crippen LogP contribution in [0.5, 0.6) is 0 Å². The van der Waals surface area contributed by atoms with Gasteiger partial charge >= 0.3 is 0 Å². The molecule has 0 aliphatic heterocycles. The maximum Gasteiger partial charge on any atom is 0.101 e. The summed E-state index contributed by atoms with van der Waals surface area (Å²) in [5.74, 6) is 0. The Kier molecular flexibility index (Phi) is 4.66. The molecule has 0 saturated heterocycles. The molecule has 2 rings (SSSR count). The van der Waals surface area contributed by atoms with E-state index in [-0.39, 0.29) is 0 Å². The van der Waals surface area contributed by atoms with Gasteiger partial charge in [0, 0.05) is 18.0 Å². The van der Waals surface area contributed by atoms with Crippen LogP contribution < -0.4 is 5.32 Å². The normalized spacial score (nSPS) is 23.2. The molecule has 19 heavy (non-hydrogen) atoms. The highest BCUT2D eigenvalue weighted by molar-refractivity contribution is 7.10. The van der Waals surface area contributed by atoms with Crippen LogP contribution in [0.2, 0.25) is 0 Å². The maximum atomic E-state index is 10.5. The van der Waals surface area contributed by atoms with Gasteiger partial charge in [-0.3, -0.25) is 0 Å². The molecule has 0 radical (unpaired) electrons. The molecule has 0 spiro atoms. The van der Waals surface area contributed by atoms with E-state index in [1.54, 1.807) is 11.3 Å². The van der Waals surface area contributed by atoms with Gasteiger partial charge in [-0.2, -0.15) is 0 Å². The summed E-state index contributed by atoms with van der Waals surface area (Å²) in [5, 5.41) is 25.7. The third-order valence-corrected chi connectivity index (χ3v) is 5.17. The highest BCUT2D eigenvalue weighted by atomic mass is 32.1. The molecule has 0 bridgehead atoms. The summed E-state index contributed by atoms with van der Waals surface area (Å²) in [6.07, 6.45) is 3.37. The summed E-state index contributed by atoms with van der Waals surface area (Å²) in [5.41, 5.74) is -0.229. The molecule has 1 aromatic rings. The molecule has 108 valence electrons. The Morgan fingerprint density at radius 2 is 2.00 bits per heavy atom. The van der Waals surface area contributed by atoms with Crippen LogP contribution in [-0.4, -0.2) is 28.9 Å². The number of thiophene rings is 1. The van der Waals surface area contributed by atoms with Gasteiger partial charge in [-0.25, -0.2) is 0 Å². The Hall–Kier alpha value is -0.420. The van der Waals surface area contributed by atoms with Crippen molar-refractivity contribution in [3.63, 3.8) is 0 Å². The van der Waals surface area contributed by atoms with Crippen molar-refractivity contribution in [2.24, 2.45) is 5.41 Å². The van der Waals surface area contributed by atoms with E-state index >= 15 is 0 Å². The Bertz CT molecular complexity index is 379. The minimum absolute atomic E-state index is 0.364. The van der Waals surface area contributed by atoms with Gasteiger partial charge in [0.05, 0.1) is 5.60 Å². The fraction of sp³-hybridized carbons (Fsp3) is 0.733. The van der Waals surface area contributed by atoms with Gasteiger partial charge in [0.1, 0.15) is 6.10 Å². The van der Waals surface area contributed by atoms with Gasteiger partial charge in [-0.05, 0) is 42.5 Å². The van der Waals surface area contributed by atoms with E-state index in [0.717, 1.165) is 30.6 Å². The molecule has 0 amide bonds. The number of hydrogen-bond acceptors (Lipinski definition) is 4. The van der Waals surface area contributed by atoms with E-state index in [9.17, 15) is 10.2 Å². The van der Waals surface area contributed by atoms with E-state index in [1.807, 2.05) is 17.5 Å². The summed E-state index contributed by atoms with van der Waals surface area (Å²) >= 11 is 1.56. The van der Waals surface area contributed by atoms with Crippen LogP contribution in [0.3, 0.4) is 0 Å². The van der Waals surface area contributed by atoms with Gasteiger partial charge in [0.25, 0.3) is 0 Å². The second-order valence-electron chi connectivity index (χ2n) is 6.55. The van der Waals surface area contributed by atoms with Gasteiger partial charge in [0.15, 0.2) is 0 Å². The molecule has 3 N–H and O–H groups in total. The first-order valence-corrected chi connectivity index (χ1v) is 7.93. The molecule has 4 heteroatoms. The summed E-state index contributed by atoms with van der Waals surface area (Å²) in [4.78, 5) is 0.976. The van der Waals surface area contributed by atoms with Crippen LogP contribution in [0.4, 0.5) is 0 Å². The van der Waals surface area contributed by atoms with Crippen LogP contribution in [0, 0.1) is 5.41 Å². The number of aliphatic hydroxyl groups is 2. The Balaban J connectivity index is 1.74. The van der Waals surface area contributed by atoms with Crippen LogP contribution in [0.15, 0.2) is 17.5 Å². The zero-order valence-electron chi connectivity index (χ0n) is 11.9. The van der Waals surface area contributed by atoms with Crippen LogP contribution >= 0.6 is 11.3 Å². The Morgan fingerprint density at radius 3 is 2.58 bits per heavy atom. The molecule has 1 aromatic heterocycles. The van der Waals surface area contributed by atoms with Crippen molar-refractivity contribution < 1.29 is 10.2 Å². The summed E-state index contributed by atoms with van der Waals surface area (Å²) < 4.78 is 0. The first-order chi connectivity index (χ1) is 8.90. The first-order valence-electron chi connectivity index (χ1n) is 7.05. The molecule has 1 heterocycles. The zero-order chi connectivity index (χ0) is 13.9. The van der Waals surface area contributed by atoms with Crippen LogP contribution in [0.1, 0.15) is 50.5 Å². The Morgan fingerprint density at radius 1 is 1.32 bits per heavy atom. The van der Waals surface area contributed by atoms with Gasteiger partial charge in [-0.1, -0.05) is 19.9 Å². The van der Waals surface area contributed by atoms with Crippen molar-refractivity contribution in [2.75, 3.05) is 13.1 Å². The molecular weight excluding hydrogens is 258 g/mol. The zero-order valence-corrected chi connectivity index (χ0v) is 12.7. The fourth-order valence-electron chi connectivity index (χ4n) is 2.59. The van der Waals surface area contributed by atoms with Gasteiger partial charge in [-0.15, -0.1) is 11.3 Å². The lowest BCUT2D eigenvalue weighted by atomic mass is 9.71. The average Bonchev–Trinajstić information content (AvgIpc) is 2.87. The number of rotatable bonds is 5. The highest BCUT2D eigenvalue weighted by Crippen LogP contribution is 2.39. The van der Waals surface area contributed by atoms with Crippen LogP contribution in [0.25, 0.3) is 0 Å². The molecule has 1 unspecified atom stereocenters. The molecule has 0 aromatic carbocycles. The van der Waals surface area contributed by atoms with Crippen molar-refractivity contribution in [1.82, 2.24) is 5.32 Å². The molecule has 3 nitrogen and oxygen atoms in total. The second-order valence-corrected chi connectivity index (χ2v) is 7.53. The minimum Gasteiger partial charge on any atom is -0.389 e. The van der Waals surface area contributed by atoms with Crippen molar-refractivity contribution >= 4 is 11.3 Å². The minimum atomic E-state index is -0.593. The largest absolute Gasteiger partial charge is 0.389 e. The summed E-state index contributed by atoms with van der Waals surface area (Å²) in [7, 11) is 0. The number of hydrogen-bond donors (Lipinski definition) is 3. The van der Waals surface area contributed by atoms with Crippen molar-refractivity contribution in [3.8, 4) is 0 Å². The van der Waals surface area contributed by atoms with E-state index in [2.05, 4.69) is 19.2 Å². The number of aliphatic hydroxyl groups excluding tert-OH is 1. The standard InChI is InChI=1S/C15H25NO2S/c1-14(2)5-7-15(18,8-6-14)11-16-10-12(17)13-4-3-9-19-13/h3-4,9,12,16-18H,5-8,10-11H2,1-2H3. The Labute approximate surface area is 119 Å². The summed E-state index contributed by atoms with van der Waals surface area (Å²) in [6.45, 7) is 5.61. The van der Waals surface area contributed by atoms with Crippen molar-refractivity contribution in [2.45, 2.75) is 51.2 Å². The topological polar surface area (TPSA) is 52.5 Å². The van der Waals surface area contributed by atoms with Crippen molar-refractivity contribution in [3.05, 3.63) is 22.4 Å². The molecule has 1 atom stereocenters. The van der Waals surface area contributed by atoms with Gasteiger partial charge in [0.2, 0.25) is 0 Å². The van der Waals surface area contributed by atoms with Crippen LogP contribution in [-0.2, 0) is 0 Å². The first kappa shape index (κ1) is 15.0. The molecule has 1 fully saturated rings. The third-order valence-electron chi connectivity index (χ3n) is 4.20. The smallest absolute Gasteiger partial charge is 0.101 e. The van der Waals surface area contributed by atoms with Crippen molar-refractivity contribution in [1.29, 1.82) is 0 Å². The fourth-order valence-corrected chi connectivity index (χ4v) is 3.30. The van der Waals surface area contributed by atoms with E-state index in [4.69, 9.17) is 0 Å². The SMILES string of the molecule is CC1(C)CCC(O)(CNCC(O)c2cccs2)CC1. The second kappa shape index (κ2) is 5.92. The maximum absolute atomic E-state index is 10.5. The summed E-state index contributed by atoms with van der Waals surface area (Å²) in [6, 6.07) is 3.88. The van der Waals surface area contributed by atoms with Gasteiger partial charge < -0.3 is 15.5 Å². The van der Waals surface area contributed by atoms with E-state index < -0.39 is 11.7 Å². The predicted octanol–water partition coefficient (Wildman–Crippen LogP) is 2.70. The monoisotopic (exact) mass is 283 g/mol. The molecule has 1 aliphatic carbocycles.